The molecule has 0 saturated carbocycles. The number of hydrogen-bond acceptors (Lipinski definition) is 3. The van der Waals surface area contributed by atoms with Crippen molar-refractivity contribution in [2.75, 3.05) is 0 Å². The number of hydrogen-bond donors (Lipinski definition) is 0. The van der Waals surface area contributed by atoms with Crippen LogP contribution in [0.3, 0.4) is 0 Å². The Morgan fingerprint density at radius 3 is 2.86 bits per heavy atom. The third-order valence-electron chi connectivity index (χ3n) is 3.34. The lowest BCUT2D eigenvalue weighted by molar-refractivity contribution is 0.0994. The molecule has 2 aromatic heterocycles. The summed E-state index contributed by atoms with van der Waals surface area (Å²) in [6.45, 7) is 1.80. The van der Waals surface area contributed by atoms with E-state index in [2.05, 4.69) is 5.10 Å². The molecule has 0 aliphatic carbocycles. The van der Waals surface area contributed by atoms with Crippen LogP contribution in [0.4, 0.5) is 4.39 Å². The Hall–Kier alpha value is -1.72. The van der Waals surface area contributed by atoms with Crippen molar-refractivity contribution in [3.8, 4) is 0 Å². The van der Waals surface area contributed by atoms with Crippen LogP contribution in [0.25, 0.3) is 10.1 Å². The highest BCUT2D eigenvalue weighted by Crippen LogP contribution is 2.28. The quantitative estimate of drug-likeness (QED) is 0.679. The Bertz CT molecular complexity index is 853. The molecular weight excluding hydrogens is 311 g/mol. The van der Waals surface area contributed by atoms with Crippen LogP contribution in [0.2, 0.25) is 5.02 Å². The second-order valence-corrected chi connectivity index (χ2v) is 6.32. The maximum absolute atomic E-state index is 13.2. The molecule has 0 unspecified atom stereocenters. The van der Waals surface area contributed by atoms with Crippen molar-refractivity contribution >= 4 is 38.8 Å². The van der Waals surface area contributed by atoms with E-state index in [0.29, 0.717) is 21.3 Å². The Kier molecular flexibility index (Phi) is 3.55. The Balaban J connectivity index is 1.93. The predicted molar refractivity (Wildman–Crippen MR) is 82.8 cm³/mol. The molecule has 0 aliphatic rings. The monoisotopic (exact) mass is 322 g/mol. The van der Waals surface area contributed by atoms with Gasteiger partial charge in [0, 0.05) is 11.7 Å². The minimum absolute atomic E-state index is 0.0403. The van der Waals surface area contributed by atoms with Gasteiger partial charge in [0.05, 0.1) is 27.7 Å². The molecule has 6 heteroatoms. The third kappa shape index (κ3) is 2.59. The van der Waals surface area contributed by atoms with Gasteiger partial charge in [0.15, 0.2) is 5.78 Å². The summed E-state index contributed by atoms with van der Waals surface area (Å²) in [5, 5.41) is 5.47. The number of carbonyl (C=O) groups excluding carboxylic acids is 1. The summed E-state index contributed by atoms with van der Waals surface area (Å²) in [6.07, 6.45) is 0.186. The number of fused-ring (bicyclic) bond motifs is 1. The topological polar surface area (TPSA) is 34.9 Å². The molecule has 108 valence electrons. The molecule has 2 heterocycles. The van der Waals surface area contributed by atoms with Crippen molar-refractivity contribution < 1.29 is 9.18 Å². The molecule has 0 aliphatic heterocycles. The van der Waals surface area contributed by atoms with Crippen molar-refractivity contribution in [2.45, 2.75) is 13.3 Å². The second kappa shape index (κ2) is 5.24. The largest absolute Gasteiger partial charge is 0.293 e. The van der Waals surface area contributed by atoms with E-state index in [-0.39, 0.29) is 18.0 Å². The van der Waals surface area contributed by atoms with Gasteiger partial charge in [-0.15, -0.1) is 11.3 Å². The summed E-state index contributed by atoms with van der Waals surface area (Å²) >= 11 is 7.53. The van der Waals surface area contributed by atoms with E-state index in [9.17, 15) is 9.18 Å². The lowest BCUT2D eigenvalue weighted by Gasteiger charge is -2.00. The summed E-state index contributed by atoms with van der Waals surface area (Å²) in [7, 11) is 1.77. The van der Waals surface area contributed by atoms with Crippen LogP contribution in [0.15, 0.2) is 24.3 Å². The molecule has 0 atom stereocenters. The molecule has 3 rings (SSSR count). The van der Waals surface area contributed by atoms with Gasteiger partial charge in [-0.2, -0.15) is 5.10 Å². The van der Waals surface area contributed by atoms with Crippen molar-refractivity contribution in [3.05, 3.63) is 51.4 Å². The van der Waals surface area contributed by atoms with Crippen LogP contribution in [0.1, 0.15) is 21.1 Å². The van der Waals surface area contributed by atoms with E-state index in [1.165, 1.54) is 23.5 Å². The Labute approximate surface area is 130 Å². The fourth-order valence-corrected chi connectivity index (χ4v) is 3.47. The Morgan fingerprint density at radius 2 is 2.19 bits per heavy atom. The van der Waals surface area contributed by atoms with Crippen molar-refractivity contribution in [1.29, 1.82) is 0 Å². The molecule has 3 nitrogen and oxygen atoms in total. The van der Waals surface area contributed by atoms with Gasteiger partial charge in [-0.25, -0.2) is 4.39 Å². The molecule has 0 bridgehead atoms. The van der Waals surface area contributed by atoms with Gasteiger partial charge in [-0.3, -0.25) is 9.48 Å². The second-order valence-electron chi connectivity index (χ2n) is 4.86. The molecule has 0 fully saturated rings. The van der Waals surface area contributed by atoms with E-state index in [1.807, 2.05) is 0 Å². The van der Waals surface area contributed by atoms with E-state index in [1.54, 1.807) is 30.8 Å². The summed E-state index contributed by atoms with van der Waals surface area (Å²) < 4.78 is 15.7. The number of rotatable bonds is 3. The number of ketones is 1. The van der Waals surface area contributed by atoms with Crippen molar-refractivity contribution in [2.24, 2.45) is 7.05 Å². The van der Waals surface area contributed by atoms with E-state index < -0.39 is 0 Å². The van der Waals surface area contributed by atoms with Gasteiger partial charge in [-0.05, 0) is 36.6 Å². The van der Waals surface area contributed by atoms with Crippen LogP contribution in [-0.4, -0.2) is 15.6 Å². The lowest BCUT2D eigenvalue weighted by Crippen LogP contribution is -2.06. The van der Waals surface area contributed by atoms with Gasteiger partial charge in [0.25, 0.3) is 0 Å². The molecule has 0 spiro atoms. The van der Waals surface area contributed by atoms with E-state index >= 15 is 0 Å². The zero-order chi connectivity index (χ0) is 15.1. The van der Waals surface area contributed by atoms with Crippen LogP contribution >= 0.6 is 22.9 Å². The number of carbonyl (C=O) groups is 1. The fourth-order valence-electron chi connectivity index (χ4n) is 2.26. The first-order chi connectivity index (χ1) is 9.95. The zero-order valence-electron chi connectivity index (χ0n) is 11.5. The molecular formula is C15H12ClFN2OS. The molecule has 21 heavy (non-hydrogen) atoms. The van der Waals surface area contributed by atoms with Gasteiger partial charge < -0.3 is 0 Å². The number of aromatic nitrogens is 2. The average molecular weight is 323 g/mol. The summed E-state index contributed by atoms with van der Waals surface area (Å²) in [6, 6.07) is 6.24. The number of halogens is 2. The van der Waals surface area contributed by atoms with E-state index in [0.717, 1.165) is 10.1 Å². The summed E-state index contributed by atoms with van der Waals surface area (Å²) in [5.74, 6) is -0.342. The predicted octanol–water partition coefficient (Wildman–Crippen LogP) is 4.16. The molecule has 0 saturated heterocycles. The summed E-state index contributed by atoms with van der Waals surface area (Å²) in [5.41, 5.74) is 1.41. The van der Waals surface area contributed by atoms with Crippen molar-refractivity contribution in [3.63, 3.8) is 0 Å². The maximum Gasteiger partial charge on any atom is 0.178 e. The smallest absolute Gasteiger partial charge is 0.178 e. The van der Waals surface area contributed by atoms with Gasteiger partial charge in [0.2, 0.25) is 0 Å². The first-order valence-corrected chi connectivity index (χ1v) is 7.55. The minimum Gasteiger partial charge on any atom is -0.293 e. The number of nitrogens with zero attached hydrogens (tertiary/aromatic N) is 2. The average Bonchev–Trinajstić information content (AvgIpc) is 2.95. The summed E-state index contributed by atoms with van der Waals surface area (Å²) in [4.78, 5) is 13.0. The highest BCUT2D eigenvalue weighted by Gasteiger charge is 2.17. The normalized spacial score (nSPS) is 11.2. The number of Topliss-reactive ketones (excluding diaryl/α,β-unsaturated/α-hetero) is 1. The number of aryl methyl sites for hydroxylation is 2. The molecule has 3 aromatic rings. The molecule has 0 amide bonds. The first-order valence-electron chi connectivity index (χ1n) is 6.36. The maximum atomic E-state index is 13.2. The SMILES string of the molecule is Cc1nn(C)c(CC(=O)c2cc3cc(F)ccc3s2)c1Cl. The first kappa shape index (κ1) is 14.2. The molecule has 1 aromatic carbocycles. The zero-order valence-corrected chi connectivity index (χ0v) is 13.1. The van der Waals surface area contributed by atoms with Crippen molar-refractivity contribution in [1.82, 2.24) is 9.78 Å². The molecule has 0 N–H and O–H groups in total. The van der Waals surface area contributed by atoms with E-state index in [4.69, 9.17) is 11.6 Å². The lowest BCUT2D eigenvalue weighted by atomic mass is 10.1. The van der Waals surface area contributed by atoms with Crippen LogP contribution in [-0.2, 0) is 13.5 Å². The highest BCUT2D eigenvalue weighted by atomic mass is 35.5. The Morgan fingerprint density at radius 1 is 1.43 bits per heavy atom. The minimum atomic E-state index is -0.301. The third-order valence-corrected chi connectivity index (χ3v) is 4.99. The van der Waals surface area contributed by atoms with Crippen LogP contribution in [0, 0.1) is 12.7 Å². The van der Waals surface area contributed by atoms with Gasteiger partial charge >= 0.3 is 0 Å². The van der Waals surface area contributed by atoms with Crippen LogP contribution in [0.5, 0.6) is 0 Å². The fraction of sp³-hybridized carbons (Fsp3) is 0.200. The highest BCUT2D eigenvalue weighted by molar-refractivity contribution is 7.20. The van der Waals surface area contributed by atoms with Gasteiger partial charge in [-0.1, -0.05) is 11.6 Å². The standard InChI is InChI=1S/C15H12ClFN2OS/c1-8-15(16)11(19(2)18-8)7-12(20)14-6-9-5-10(17)3-4-13(9)21-14/h3-6H,7H2,1-2H3. The van der Waals surface area contributed by atoms with Crippen LogP contribution < -0.4 is 0 Å². The molecule has 0 radical (unpaired) electrons. The number of benzene rings is 1. The van der Waals surface area contributed by atoms with Gasteiger partial charge in [0.1, 0.15) is 5.82 Å². The number of thiophene rings is 1.